The summed E-state index contributed by atoms with van der Waals surface area (Å²) in [7, 11) is 0. The zero-order chi connectivity index (χ0) is 24.3. The van der Waals surface area contributed by atoms with Gasteiger partial charge < -0.3 is 25.8 Å². The van der Waals surface area contributed by atoms with E-state index >= 15 is 0 Å². The van der Waals surface area contributed by atoms with Crippen LogP contribution < -0.4 is 16.0 Å². The Hall–Kier alpha value is -2.89. The normalized spacial score (nSPS) is 15.8. The molecule has 1 amide bonds. The summed E-state index contributed by atoms with van der Waals surface area (Å²) in [4.78, 5) is 21.2. The van der Waals surface area contributed by atoms with Crippen LogP contribution in [0.4, 0.5) is 26.0 Å². The van der Waals surface area contributed by atoms with Crippen LogP contribution in [-0.4, -0.2) is 58.6 Å². The zero-order valence-electron chi connectivity index (χ0n) is 18.9. The number of rotatable bonds is 8. The highest BCUT2D eigenvalue weighted by Gasteiger charge is 2.27. The van der Waals surface area contributed by atoms with Crippen molar-refractivity contribution in [2.45, 2.75) is 44.5 Å². The maximum atomic E-state index is 14.6. The lowest BCUT2D eigenvalue weighted by Crippen LogP contribution is -2.42. The molecule has 1 atom stereocenters. The summed E-state index contributed by atoms with van der Waals surface area (Å²) >= 11 is 1.40. The Bertz CT molecular complexity index is 1160. The predicted molar refractivity (Wildman–Crippen MR) is 128 cm³/mol. The molecule has 1 aliphatic rings. The first-order chi connectivity index (χ1) is 16.2. The van der Waals surface area contributed by atoms with Crippen LogP contribution in [0.2, 0.25) is 0 Å². The van der Waals surface area contributed by atoms with E-state index in [2.05, 4.69) is 25.9 Å². The SMILES string of the molecule is CC(C)(O)C(F)CNC(=O)c1cnc(Nc2cc3scnc3cc2F)cc1NC1CCOCC1. The number of pyridine rings is 1. The van der Waals surface area contributed by atoms with Gasteiger partial charge in [-0.3, -0.25) is 4.79 Å². The quantitative estimate of drug-likeness (QED) is 0.377. The summed E-state index contributed by atoms with van der Waals surface area (Å²) in [5, 5.41) is 18.6. The third-order valence-corrected chi connectivity index (χ3v) is 6.41. The summed E-state index contributed by atoms with van der Waals surface area (Å²) in [6.45, 7) is 3.54. The van der Waals surface area contributed by atoms with Gasteiger partial charge in [0.05, 0.1) is 44.8 Å². The number of carbonyl (C=O) groups is 1. The predicted octanol–water partition coefficient (Wildman–Crippen LogP) is 4.00. The molecule has 0 saturated carbocycles. The van der Waals surface area contributed by atoms with Crippen molar-refractivity contribution in [2.24, 2.45) is 0 Å². The first kappa shape index (κ1) is 24.2. The Morgan fingerprint density at radius 3 is 2.76 bits per heavy atom. The van der Waals surface area contributed by atoms with Crippen molar-refractivity contribution in [1.82, 2.24) is 15.3 Å². The molecule has 8 nitrogen and oxygen atoms in total. The molecule has 34 heavy (non-hydrogen) atoms. The van der Waals surface area contributed by atoms with Crippen LogP contribution >= 0.6 is 11.3 Å². The van der Waals surface area contributed by atoms with E-state index in [1.165, 1.54) is 37.4 Å². The molecular formula is C23H27F2N5O3S. The van der Waals surface area contributed by atoms with Gasteiger partial charge in [0, 0.05) is 37.6 Å². The molecule has 0 aliphatic carbocycles. The van der Waals surface area contributed by atoms with Crippen molar-refractivity contribution in [3.8, 4) is 0 Å². The number of benzene rings is 1. The van der Waals surface area contributed by atoms with Crippen LogP contribution in [0, 0.1) is 5.82 Å². The van der Waals surface area contributed by atoms with Gasteiger partial charge in [-0.15, -0.1) is 11.3 Å². The lowest BCUT2D eigenvalue weighted by molar-refractivity contribution is -0.00177. The molecule has 4 N–H and O–H groups in total. The second-order valence-corrected chi connectivity index (χ2v) is 9.64. The van der Waals surface area contributed by atoms with E-state index in [4.69, 9.17) is 4.74 Å². The molecule has 1 unspecified atom stereocenters. The standard InChI is InChI=1S/C23H27F2N5O3S/c1-23(2,32)20(25)11-27-22(31)14-10-26-21(9-16(14)29-13-3-5-33-6-4-13)30-17-8-19-18(7-15(17)24)28-12-34-19/h7-10,12-13,20,32H,3-6,11H2,1-2H3,(H,27,31)(H2,26,29,30). The van der Waals surface area contributed by atoms with E-state index in [1.807, 2.05) is 0 Å². The number of aromatic nitrogens is 2. The molecule has 4 rings (SSSR count). The van der Waals surface area contributed by atoms with Gasteiger partial charge in [-0.25, -0.2) is 18.7 Å². The smallest absolute Gasteiger partial charge is 0.255 e. The number of alkyl halides is 1. The maximum Gasteiger partial charge on any atom is 0.255 e. The molecule has 1 aliphatic heterocycles. The summed E-state index contributed by atoms with van der Waals surface area (Å²) in [6, 6.07) is 4.72. The van der Waals surface area contributed by atoms with Gasteiger partial charge in [0.25, 0.3) is 5.91 Å². The van der Waals surface area contributed by atoms with Crippen LogP contribution in [-0.2, 0) is 4.74 Å². The zero-order valence-corrected chi connectivity index (χ0v) is 19.7. The molecule has 0 spiro atoms. The molecule has 1 aromatic carbocycles. The highest BCUT2D eigenvalue weighted by molar-refractivity contribution is 7.16. The number of aliphatic hydroxyl groups is 1. The third-order valence-electron chi connectivity index (χ3n) is 5.62. The summed E-state index contributed by atoms with van der Waals surface area (Å²) in [5.74, 6) is -0.659. The van der Waals surface area contributed by atoms with Crippen molar-refractivity contribution in [1.29, 1.82) is 0 Å². The largest absolute Gasteiger partial charge is 0.387 e. The van der Waals surface area contributed by atoms with Crippen molar-refractivity contribution in [2.75, 3.05) is 30.4 Å². The molecule has 11 heteroatoms. The van der Waals surface area contributed by atoms with Gasteiger partial charge in [-0.2, -0.15) is 0 Å². The Kier molecular flexibility index (Phi) is 7.24. The third kappa shape index (κ3) is 5.78. The van der Waals surface area contributed by atoms with E-state index in [0.717, 1.165) is 17.5 Å². The minimum Gasteiger partial charge on any atom is -0.387 e. The van der Waals surface area contributed by atoms with Crippen LogP contribution in [0.15, 0.2) is 29.9 Å². The van der Waals surface area contributed by atoms with Gasteiger partial charge in [0.2, 0.25) is 0 Å². The fourth-order valence-corrected chi connectivity index (χ4v) is 4.22. The number of halogens is 2. The minimum absolute atomic E-state index is 0.0751. The summed E-state index contributed by atoms with van der Waals surface area (Å²) in [6.07, 6.45) is 1.24. The van der Waals surface area contributed by atoms with Crippen LogP contribution in [0.25, 0.3) is 10.2 Å². The second-order valence-electron chi connectivity index (χ2n) is 8.75. The topological polar surface area (TPSA) is 108 Å². The van der Waals surface area contributed by atoms with Gasteiger partial charge in [-0.1, -0.05) is 0 Å². The van der Waals surface area contributed by atoms with Gasteiger partial charge in [0.15, 0.2) is 0 Å². The van der Waals surface area contributed by atoms with Crippen LogP contribution in [0.5, 0.6) is 0 Å². The highest BCUT2D eigenvalue weighted by atomic mass is 32.1. The molecule has 3 heterocycles. The number of ether oxygens (including phenoxy) is 1. The fraction of sp³-hybridized carbons (Fsp3) is 0.435. The summed E-state index contributed by atoms with van der Waals surface area (Å²) < 4.78 is 34.9. The average Bonchev–Trinajstić information content (AvgIpc) is 3.24. The molecule has 0 radical (unpaired) electrons. The number of hydrogen-bond donors (Lipinski definition) is 4. The Balaban J connectivity index is 1.57. The van der Waals surface area contributed by atoms with Gasteiger partial charge >= 0.3 is 0 Å². The van der Waals surface area contributed by atoms with Gasteiger partial charge in [-0.05, 0) is 32.8 Å². The first-order valence-corrected chi connectivity index (χ1v) is 11.9. The Labute approximate surface area is 199 Å². The Morgan fingerprint density at radius 1 is 1.26 bits per heavy atom. The maximum absolute atomic E-state index is 14.6. The van der Waals surface area contributed by atoms with Crippen molar-refractivity contribution < 1.29 is 23.4 Å². The number of carbonyl (C=O) groups excluding carboxylic acids is 1. The second kappa shape index (κ2) is 10.2. The molecular weight excluding hydrogens is 464 g/mol. The van der Waals surface area contributed by atoms with Crippen LogP contribution in [0.1, 0.15) is 37.0 Å². The van der Waals surface area contributed by atoms with Crippen molar-refractivity contribution >= 4 is 44.7 Å². The molecule has 1 fully saturated rings. The van der Waals surface area contributed by atoms with E-state index < -0.39 is 23.5 Å². The van der Waals surface area contributed by atoms with Crippen molar-refractivity contribution in [3.05, 3.63) is 41.3 Å². The van der Waals surface area contributed by atoms with Crippen LogP contribution in [0.3, 0.4) is 0 Å². The van der Waals surface area contributed by atoms with E-state index in [-0.39, 0.29) is 23.8 Å². The summed E-state index contributed by atoms with van der Waals surface area (Å²) in [5.41, 5.74) is 1.59. The highest BCUT2D eigenvalue weighted by Crippen LogP contribution is 2.29. The van der Waals surface area contributed by atoms with E-state index in [1.54, 1.807) is 17.6 Å². The van der Waals surface area contributed by atoms with Crippen molar-refractivity contribution in [3.63, 3.8) is 0 Å². The number of thiazole rings is 1. The number of nitrogens with zero attached hydrogens (tertiary/aromatic N) is 2. The number of amides is 1. The Morgan fingerprint density at radius 2 is 2.03 bits per heavy atom. The molecule has 2 aromatic heterocycles. The average molecular weight is 492 g/mol. The molecule has 1 saturated heterocycles. The number of anilines is 3. The number of hydrogen-bond acceptors (Lipinski definition) is 8. The van der Waals surface area contributed by atoms with Gasteiger partial charge in [0.1, 0.15) is 17.8 Å². The number of fused-ring (bicyclic) bond motifs is 1. The minimum atomic E-state index is -1.64. The molecule has 3 aromatic rings. The number of nitrogens with one attached hydrogen (secondary N) is 3. The monoisotopic (exact) mass is 491 g/mol. The lowest BCUT2D eigenvalue weighted by atomic mass is 10.0. The molecule has 182 valence electrons. The van der Waals surface area contributed by atoms with E-state index in [0.29, 0.717) is 30.2 Å². The first-order valence-electron chi connectivity index (χ1n) is 11.0. The van der Waals surface area contributed by atoms with E-state index in [9.17, 15) is 18.7 Å². The fourth-order valence-electron chi connectivity index (χ4n) is 3.53. The lowest BCUT2D eigenvalue weighted by Gasteiger charge is -2.26. The molecule has 0 bridgehead atoms.